The van der Waals surface area contributed by atoms with Gasteiger partial charge in [0, 0.05) is 32.2 Å². The summed E-state index contributed by atoms with van der Waals surface area (Å²) in [7, 11) is 0. The van der Waals surface area contributed by atoms with Gasteiger partial charge in [0.2, 0.25) is 5.91 Å². The molecule has 2 aliphatic heterocycles. The molecule has 1 atom stereocenters. The van der Waals surface area contributed by atoms with Crippen LogP contribution in [-0.4, -0.2) is 54.5 Å². The van der Waals surface area contributed by atoms with Crippen LogP contribution in [0.15, 0.2) is 0 Å². The third kappa shape index (κ3) is 2.29. The zero-order valence-electron chi connectivity index (χ0n) is 12.1. The fourth-order valence-electron chi connectivity index (χ4n) is 4.38. The highest BCUT2D eigenvalue weighted by Gasteiger charge is 2.49. The van der Waals surface area contributed by atoms with E-state index in [1.165, 1.54) is 25.8 Å². The van der Waals surface area contributed by atoms with Crippen molar-refractivity contribution in [2.75, 3.05) is 32.7 Å². The zero-order chi connectivity index (χ0) is 13.5. The van der Waals surface area contributed by atoms with Gasteiger partial charge in [-0.15, -0.1) is 0 Å². The molecule has 4 nitrogen and oxygen atoms in total. The van der Waals surface area contributed by atoms with Crippen LogP contribution in [-0.2, 0) is 4.79 Å². The average molecular weight is 265 g/mol. The van der Waals surface area contributed by atoms with Crippen molar-refractivity contribution in [1.29, 1.82) is 0 Å². The molecule has 4 heteroatoms. The summed E-state index contributed by atoms with van der Waals surface area (Å²) in [6.07, 6.45) is 5.90. The van der Waals surface area contributed by atoms with E-state index in [4.69, 9.17) is 5.73 Å². The number of hydrogen-bond donors (Lipinski definition) is 1. The monoisotopic (exact) mass is 265 g/mol. The molecule has 0 aromatic carbocycles. The van der Waals surface area contributed by atoms with Crippen LogP contribution in [0.25, 0.3) is 0 Å². The third-order valence-corrected chi connectivity index (χ3v) is 5.45. The lowest BCUT2D eigenvalue weighted by Gasteiger charge is -2.50. The number of hydrogen-bond acceptors (Lipinski definition) is 3. The van der Waals surface area contributed by atoms with Crippen LogP contribution in [0.4, 0.5) is 0 Å². The summed E-state index contributed by atoms with van der Waals surface area (Å²) in [6, 6.07) is 0.610. The molecule has 2 saturated heterocycles. The highest BCUT2D eigenvalue weighted by Crippen LogP contribution is 2.46. The van der Waals surface area contributed by atoms with E-state index < -0.39 is 0 Å². The van der Waals surface area contributed by atoms with Gasteiger partial charge >= 0.3 is 0 Å². The van der Waals surface area contributed by atoms with E-state index in [0.717, 1.165) is 32.5 Å². The first kappa shape index (κ1) is 13.4. The molecule has 0 aromatic rings. The molecule has 19 heavy (non-hydrogen) atoms. The molecule has 1 saturated carbocycles. The van der Waals surface area contributed by atoms with Crippen LogP contribution in [0.5, 0.6) is 0 Å². The van der Waals surface area contributed by atoms with Gasteiger partial charge in [0.15, 0.2) is 0 Å². The van der Waals surface area contributed by atoms with Crippen LogP contribution in [0.2, 0.25) is 0 Å². The minimum Gasteiger partial charge on any atom is -0.339 e. The van der Waals surface area contributed by atoms with Gasteiger partial charge in [0.05, 0.1) is 5.41 Å². The number of piperidine rings is 1. The Morgan fingerprint density at radius 1 is 1.26 bits per heavy atom. The quantitative estimate of drug-likeness (QED) is 0.812. The summed E-state index contributed by atoms with van der Waals surface area (Å²) in [6.45, 7) is 6.89. The second-order valence-electron chi connectivity index (χ2n) is 6.93. The summed E-state index contributed by atoms with van der Waals surface area (Å²) in [4.78, 5) is 17.5. The number of fused-ring (bicyclic) bond motifs is 1. The lowest BCUT2D eigenvalue weighted by atomic mass is 9.61. The number of carbonyl (C=O) groups is 1. The van der Waals surface area contributed by atoms with Crippen LogP contribution in [0.3, 0.4) is 0 Å². The molecule has 108 valence electrons. The number of rotatable bonds is 2. The second-order valence-corrected chi connectivity index (χ2v) is 6.93. The fraction of sp³-hybridized carbons (Fsp3) is 0.933. The van der Waals surface area contributed by atoms with E-state index in [2.05, 4.69) is 16.7 Å². The smallest absolute Gasteiger partial charge is 0.230 e. The zero-order valence-corrected chi connectivity index (χ0v) is 12.1. The first-order chi connectivity index (χ1) is 9.14. The summed E-state index contributed by atoms with van der Waals surface area (Å²) < 4.78 is 0. The minimum absolute atomic E-state index is 0.212. The molecule has 3 fully saturated rings. The molecule has 1 amide bonds. The fourth-order valence-corrected chi connectivity index (χ4v) is 4.38. The molecule has 1 aliphatic carbocycles. The highest BCUT2D eigenvalue weighted by molar-refractivity contribution is 5.84. The largest absolute Gasteiger partial charge is 0.339 e. The van der Waals surface area contributed by atoms with Crippen molar-refractivity contribution in [3.8, 4) is 0 Å². The van der Waals surface area contributed by atoms with Gasteiger partial charge in [-0.2, -0.15) is 0 Å². The van der Waals surface area contributed by atoms with Gasteiger partial charge in [-0.05, 0) is 38.1 Å². The van der Waals surface area contributed by atoms with E-state index >= 15 is 0 Å². The molecule has 2 N–H and O–H groups in total. The van der Waals surface area contributed by atoms with Gasteiger partial charge in [0.1, 0.15) is 0 Å². The van der Waals surface area contributed by atoms with Crippen LogP contribution >= 0.6 is 0 Å². The van der Waals surface area contributed by atoms with Crippen LogP contribution < -0.4 is 5.73 Å². The Bertz CT molecular complexity index is 351. The summed E-state index contributed by atoms with van der Waals surface area (Å²) in [5.41, 5.74) is 5.70. The SMILES string of the molecule is CC1CC(CN)(C(=O)N2CCN3CCCCC3C2)C1. The summed E-state index contributed by atoms with van der Waals surface area (Å²) in [5.74, 6) is 1.02. The van der Waals surface area contributed by atoms with Crippen molar-refractivity contribution >= 4 is 5.91 Å². The van der Waals surface area contributed by atoms with Gasteiger partial charge in [-0.3, -0.25) is 9.69 Å². The topological polar surface area (TPSA) is 49.6 Å². The predicted molar refractivity (Wildman–Crippen MR) is 75.7 cm³/mol. The number of amides is 1. The summed E-state index contributed by atoms with van der Waals surface area (Å²) in [5, 5.41) is 0. The Hall–Kier alpha value is -0.610. The molecule has 3 rings (SSSR count). The number of piperazine rings is 1. The molecular formula is C15H27N3O. The van der Waals surface area contributed by atoms with Gasteiger partial charge < -0.3 is 10.6 Å². The van der Waals surface area contributed by atoms with Crippen LogP contribution in [0, 0.1) is 11.3 Å². The van der Waals surface area contributed by atoms with Crippen LogP contribution in [0.1, 0.15) is 39.0 Å². The Morgan fingerprint density at radius 3 is 2.74 bits per heavy atom. The van der Waals surface area contributed by atoms with Crippen molar-refractivity contribution in [3.05, 3.63) is 0 Å². The second kappa shape index (κ2) is 5.06. The Kier molecular flexibility index (Phi) is 3.56. The Morgan fingerprint density at radius 2 is 2.05 bits per heavy atom. The lowest BCUT2D eigenvalue weighted by Crippen LogP contribution is -2.61. The molecule has 2 heterocycles. The van der Waals surface area contributed by atoms with E-state index in [9.17, 15) is 4.79 Å². The van der Waals surface area contributed by atoms with E-state index in [1.54, 1.807) is 0 Å². The van der Waals surface area contributed by atoms with E-state index in [0.29, 0.717) is 24.4 Å². The predicted octanol–water partition coefficient (Wildman–Crippen LogP) is 1.06. The van der Waals surface area contributed by atoms with Gasteiger partial charge in [-0.25, -0.2) is 0 Å². The molecular weight excluding hydrogens is 238 g/mol. The molecule has 1 unspecified atom stereocenters. The van der Waals surface area contributed by atoms with Crippen molar-refractivity contribution in [3.63, 3.8) is 0 Å². The molecule has 0 radical (unpaired) electrons. The van der Waals surface area contributed by atoms with Crippen molar-refractivity contribution < 1.29 is 4.79 Å². The van der Waals surface area contributed by atoms with Crippen molar-refractivity contribution in [2.24, 2.45) is 17.1 Å². The molecule has 0 bridgehead atoms. The van der Waals surface area contributed by atoms with Gasteiger partial charge in [-0.1, -0.05) is 13.3 Å². The minimum atomic E-state index is -0.212. The molecule has 0 aromatic heterocycles. The third-order valence-electron chi connectivity index (χ3n) is 5.45. The Balaban J connectivity index is 1.64. The van der Waals surface area contributed by atoms with Crippen molar-refractivity contribution in [2.45, 2.75) is 45.1 Å². The molecule has 0 spiro atoms. The maximum atomic E-state index is 12.8. The average Bonchev–Trinajstić information content (AvgIpc) is 2.42. The van der Waals surface area contributed by atoms with E-state index in [-0.39, 0.29) is 5.41 Å². The first-order valence-electron chi connectivity index (χ1n) is 7.88. The maximum Gasteiger partial charge on any atom is 0.230 e. The molecule has 3 aliphatic rings. The highest BCUT2D eigenvalue weighted by atomic mass is 16.2. The number of carbonyl (C=O) groups excluding carboxylic acids is 1. The number of nitrogens with two attached hydrogens (primary N) is 1. The van der Waals surface area contributed by atoms with Gasteiger partial charge in [0.25, 0.3) is 0 Å². The first-order valence-corrected chi connectivity index (χ1v) is 7.88. The number of nitrogens with zero attached hydrogens (tertiary/aromatic N) is 2. The normalized spacial score (nSPS) is 39.6. The summed E-state index contributed by atoms with van der Waals surface area (Å²) >= 11 is 0. The van der Waals surface area contributed by atoms with E-state index in [1.807, 2.05) is 0 Å². The maximum absolute atomic E-state index is 12.8. The lowest BCUT2D eigenvalue weighted by molar-refractivity contribution is -0.153. The Labute approximate surface area is 116 Å². The standard InChI is InChI=1S/C15H27N3O/c1-12-8-15(9-12,11-16)14(19)18-7-6-17-5-3-2-4-13(17)10-18/h12-13H,2-11,16H2,1H3. The van der Waals surface area contributed by atoms with Crippen molar-refractivity contribution in [1.82, 2.24) is 9.80 Å².